The highest BCUT2D eigenvalue weighted by Gasteiger charge is 2.17. The Labute approximate surface area is 113 Å². The van der Waals surface area contributed by atoms with Gasteiger partial charge in [0.25, 0.3) is 0 Å². The van der Waals surface area contributed by atoms with Crippen LogP contribution in [0.1, 0.15) is 25.3 Å². The first-order valence-electron chi connectivity index (χ1n) is 5.56. The molecule has 1 aromatic carbocycles. The van der Waals surface area contributed by atoms with Gasteiger partial charge in [-0.3, -0.25) is 0 Å². The van der Waals surface area contributed by atoms with Gasteiger partial charge in [-0.25, -0.2) is 14.4 Å². The molecule has 94 valence electrons. The van der Waals surface area contributed by atoms with Crippen molar-refractivity contribution in [3.8, 4) is 11.3 Å². The minimum Gasteiger partial charge on any atom is -0.383 e. The van der Waals surface area contributed by atoms with Crippen LogP contribution in [0.15, 0.2) is 29.0 Å². The number of nitrogens with two attached hydrogens (primary N) is 1. The van der Waals surface area contributed by atoms with Gasteiger partial charge in [0.05, 0.1) is 5.69 Å². The van der Waals surface area contributed by atoms with Crippen molar-refractivity contribution < 1.29 is 4.39 Å². The van der Waals surface area contributed by atoms with Gasteiger partial charge < -0.3 is 5.73 Å². The molecule has 5 heteroatoms. The van der Waals surface area contributed by atoms with E-state index in [1.165, 1.54) is 12.4 Å². The zero-order valence-electron chi connectivity index (χ0n) is 10.1. The molecule has 0 radical (unpaired) electrons. The molecule has 0 aliphatic heterocycles. The monoisotopic (exact) mass is 309 g/mol. The summed E-state index contributed by atoms with van der Waals surface area (Å²) in [6.45, 7) is 3.96. The number of benzene rings is 1. The molecule has 0 bridgehead atoms. The first-order chi connectivity index (χ1) is 8.50. The Morgan fingerprint density at radius 3 is 2.67 bits per heavy atom. The lowest BCUT2D eigenvalue weighted by molar-refractivity contribution is 0.630. The van der Waals surface area contributed by atoms with Crippen LogP contribution >= 0.6 is 15.9 Å². The maximum Gasteiger partial charge on any atom is 0.132 e. The second-order valence-corrected chi connectivity index (χ2v) is 5.22. The predicted octanol–water partition coefficient (Wildman–Crippen LogP) is 3.75. The fraction of sp³-hybridized carbons (Fsp3) is 0.231. The summed E-state index contributed by atoms with van der Waals surface area (Å²) >= 11 is 3.33. The lowest BCUT2D eigenvalue weighted by Gasteiger charge is -2.14. The van der Waals surface area contributed by atoms with Gasteiger partial charge in [0, 0.05) is 15.6 Å². The molecule has 0 saturated carbocycles. The van der Waals surface area contributed by atoms with Crippen molar-refractivity contribution in [2.75, 3.05) is 5.73 Å². The normalized spacial score (nSPS) is 10.9. The van der Waals surface area contributed by atoms with Gasteiger partial charge in [-0.15, -0.1) is 0 Å². The summed E-state index contributed by atoms with van der Waals surface area (Å²) in [6.07, 6.45) is 1.36. The Morgan fingerprint density at radius 2 is 2.00 bits per heavy atom. The summed E-state index contributed by atoms with van der Waals surface area (Å²) in [7, 11) is 0. The third-order valence-electron chi connectivity index (χ3n) is 2.68. The van der Waals surface area contributed by atoms with Gasteiger partial charge in [0.2, 0.25) is 0 Å². The smallest absolute Gasteiger partial charge is 0.132 e. The summed E-state index contributed by atoms with van der Waals surface area (Å²) in [5.41, 5.74) is 7.62. The van der Waals surface area contributed by atoms with Gasteiger partial charge in [-0.2, -0.15) is 0 Å². The first-order valence-corrected chi connectivity index (χ1v) is 6.35. The third kappa shape index (κ3) is 2.36. The molecule has 2 aromatic rings. The van der Waals surface area contributed by atoms with Crippen LogP contribution in [-0.2, 0) is 0 Å². The van der Waals surface area contributed by atoms with Crippen molar-refractivity contribution in [2.45, 2.75) is 19.8 Å². The first kappa shape index (κ1) is 13.0. The standard InChI is InChI=1S/C13H13BrFN3/c1-7(2)11-12(17-6-18-13(11)16)9-5-8(14)3-4-10(9)15/h3-7H,1-2H3,(H2,16,17,18). The Hall–Kier alpha value is -1.49. The number of halogens is 2. The van der Waals surface area contributed by atoms with E-state index in [2.05, 4.69) is 25.9 Å². The van der Waals surface area contributed by atoms with Gasteiger partial charge in [0.1, 0.15) is 18.0 Å². The fourth-order valence-corrected chi connectivity index (χ4v) is 2.23. The quantitative estimate of drug-likeness (QED) is 0.919. The molecule has 0 saturated heterocycles. The Morgan fingerprint density at radius 1 is 1.28 bits per heavy atom. The van der Waals surface area contributed by atoms with Gasteiger partial charge in [-0.1, -0.05) is 29.8 Å². The molecular formula is C13H13BrFN3. The summed E-state index contributed by atoms with van der Waals surface area (Å²) < 4.78 is 14.7. The molecule has 0 spiro atoms. The highest BCUT2D eigenvalue weighted by atomic mass is 79.9. The number of aromatic nitrogens is 2. The zero-order valence-corrected chi connectivity index (χ0v) is 11.7. The van der Waals surface area contributed by atoms with Crippen molar-refractivity contribution in [3.05, 3.63) is 40.4 Å². The molecule has 18 heavy (non-hydrogen) atoms. The number of anilines is 1. The molecule has 0 fully saturated rings. The van der Waals surface area contributed by atoms with E-state index in [-0.39, 0.29) is 11.7 Å². The van der Waals surface area contributed by atoms with E-state index in [4.69, 9.17) is 5.73 Å². The fourth-order valence-electron chi connectivity index (χ4n) is 1.87. The van der Waals surface area contributed by atoms with E-state index in [0.717, 1.165) is 10.0 Å². The average Bonchev–Trinajstić information content (AvgIpc) is 2.31. The average molecular weight is 310 g/mol. The topological polar surface area (TPSA) is 51.8 Å². The molecule has 2 N–H and O–H groups in total. The lowest BCUT2D eigenvalue weighted by atomic mass is 9.97. The van der Waals surface area contributed by atoms with Crippen LogP contribution in [0.25, 0.3) is 11.3 Å². The van der Waals surface area contributed by atoms with Crippen LogP contribution in [0.2, 0.25) is 0 Å². The number of rotatable bonds is 2. The molecule has 2 rings (SSSR count). The van der Waals surface area contributed by atoms with E-state index in [9.17, 15) is 4.39 Å². The van der Waals surface area contributed by atoms with Crippen LogP contribution in [0.4, 0.5) is 10.2 Å². The molecule has 3 nitrogen and oxygen atoms in total. The lowest BCUT2D eigenvalue weighted by Crippen LogP contribution is -2.05. The van der Waals surface area contributed by atoms with Crippen molar-refractivity contribution >= 4 is 21.7 Å². The van der Waals surface area contributed by atoms with Crippen molar-refractivity contribution in [2.24, 2.45) is 0 Å². The summed E-state index contributed by atoms with van der Waals surface area (Å²) in [5, 5.41) is 0. The number of nitrogens with zero attached hydrogens (tertiary/aromatic N) is 2. The van der Waals surface area contributed by atoms with Gasteiger partial charge in [0.15, 0.2) is 0 Å². The molecule has 0 atom stereocenters. The van der Waals surface area contributed by atoms with E-state index < -0.39 is 0 Å². The summed E-state index contributed by atoms with van der Waals surface area (Å²) in [6, 6.07) is 4.75. The third-order valence-corrected chi connectivity index (χ3v) is 3.17. The van der Waals surface area contributed by atoms with Crippen molar-refractivity contribution in [1.82, 2.24) is 9.97 Å². The number of hydrogen-bond acceptors (Lipinski definition) is 3. The summed E-state index contributed by atoms with van der Waals surface area (Å²) in [5.74, 6) is 0.201. The SMILES string of the molecule is CC(C)c1c(N)ncnc1-c1cc(Br)ccc1F. The van der Waals surface area contributed by atoms with Crippen LogP contribution in [0.5, 0.6) is 0 Å². The van der Waals surface area contributed by atoms with Crippen molar-refractivity contribution in [1.29, 1.82) is 0 Å². The minimum absolute atomic E-state index is 0.125. The molecule has 1 aromatic heterocycles. The van der Waals surface area contributed by atoms with E-state index >= 15 is 0 Å². The zero-order chi connectivity index (χ0) is 13.3. The Kier molecular flexibility index (Phi) is 3.61. The Balaban J connectivity index is 2.71. The van der Waals surface area contributed by atoms with Gasteiger partial charge >= 0.3 is 0 Å². The van der Waals surface area contributed by atoms with Crippen LogP contribution in [0, 0.1) is 5.82 Å². The van der Waals surface area contributed by atoms with E-state index in [1.54, 1.807) is 12.1 Å². The predicted molar refractivity (Wildman–Crippen MR) is 73.6 cm³/mol. The Bertz CT molecular complexity index is 584. The molecular weight excluding hydrogens is 297 g/mol. The highest BCUT2D eigenvalue weighted by molar-refractivity contribution is 9.10. The molecule has 0 aliphatic carbocycles. The van der Waals surface area contributed by atoms with Crippen LogP contribution in [-0.4, -0.2) is 9.97 Å². The van der Waals surface area contributed by atoms with E-state index in [1.807, 2.05) is 13.8 Å². The highest BCUT2D eigenvalue weighted by Crippen LogP contribution is 2.33. The van der Waals surface area contributed by atoms with Crippen LogP contribution in [0.3, 0.4) is 0 Å². The van der Waals surface area contributed by atoms with Crippen molar-refractivity contribution in [3.63, 3.8) is 0 Å². The number of nitrogen functional groups attached to an aromatic ring is 1. The molecule has 0 unspecified atom stereocenters. The largest absolute Gasteiger partial charge is 0.383 e. The molecule has 0 amide bonds. The second kappa shape index (κ2) is 5.02. The van der Waals surface area contributed by atoms with Gasteiger partial charge in [-0.05, 0) is 24.1 Å². The maximum atomic E-state index is 13.9. The maximum absolute atomic E-state index is 13.9. The van der Waals surface area contributed by atoms with Crippen LogP contribution < -0.4 is 5.73 Å². The second-order valence-electron chi connectivity index (χ2n) is 4.30. The summed E-state index contributed by atoms with van der Waals surface area (Å²) in [4.78, 5) is 8.15. The number of hydrogen-bond donors (Lipinski definition) is 1. The van der Waals surface area contributed by atoms with E-state index in [0.29, 0.717) is 17.1 Å². The molecule has 0 aliphatic rings. The minimum atomic E-state index is -0.321. The molecule has 1 heterocycles.